The lowest BCUT2D eigenvalue weighted by molar-refractivity contribution is -0.159. The Labute approximate surface area is 129 Å². The highest BCUT2D eigenvalue weighted by atomic mass is 19.3. The van der Waals surface area contributed by atoms with Gasteiger partial charge in [0.25, 0.3) is 0 Å². The second kappa shape index (κ2) is 7.03. The zero-order valence-corrected chi connectivity index (χ0v) is 12.4. The molecule has 0 saturated carbocycles. The highest BCUT2D eigenvalue weighted by molar-refractivity contribution is 5.82. The maximum Gasteiger partial charge on any atom is 0.345 e. The Balaban J connectivity index is 2.38. The molecule has 1 fully saturated rings. The van der Waals surface area contributed by atoms with Gasteiger partial charge < -0.3 is 19.1 Å². The van der Waals surface area contributed by atoms with Crippen LogP contribution in [0.3, 0.4) is 0 Å². The molecule has 1 aromatic rings. The van der Waals surface area contributed by atoms with Gasteiger partial charge in [-0.05, 0) is 12.1 Å². The van der Waals surface area contributed by atoms with E-state index in [-0.39, 0.29) is 18.7 Å². The van der Waals surface area contributed by atoms with Crippen molar-refractivity contribution in [1.82, 2.24) is 0 Å². The standard InChI is InChI=1S/C14H15F4NO4/c1-21-12-9(4-3-8(15)11(12)16)19-6-7(23-14(17)18)5-10(19)13(20)22-2/h3-4,7,10,14H,5-6H2,1-2H3/t7-,10?/m1/s1. The number of methoxy groups -OCH3 is 2. The molecule has 2 rings (SSSR count). The molecule has 1 saturated heterocycles. The summed E-state index contributed by atoms with van der Waals surface area (Å²) in [5.41, 5.74) is 0.0576. The number of carbonyl (C=O) groups excluding carboxylic acids is 1. The third-order valence-electron chi connectivity index (χ3n) is 3.57. The molecule has 0 spiro atoms. The predicted octanol–water partition coefficient (Wildman–Crippen LogP) is 2.33. The van der Waals surface area contributed by atoms with Crippen molar-refractivity contribution in [1.29, 1.82) is 0 Å². The van der Waals surface area contributed by atoms with Crippen LogP contribution in [0.1, 0.15) is 6.42 Å². The van der Waals surface area contributed by atoms with E-state index in [0.29, 0.717) is 0 Å². The van der Waals surface area contributed by atoms with E-state index < -0.39 is 42.1 Å². The van der Waals surface area contributed by atoms with Gasteiger partial charge in [-0.25, -0.2) is 9.18 Å². The third-order valence-corrected chi connectivity index (χ3v) is 3.57. The van der Waals surface area contributed by atoms with Crippen LogP contribution in [0.4, 0.5) is 23.2 Å². The number of rotatable bonds is 5. The molecular formula is C14H15F4NO4. The van der Waals surface area contributed by atoms with Crippen LogP contribution in [-0.4, -0.2) is 45.5 Å². The van der Waals surface area contributed by atoms with E-state index in [1.54, 1.807) is 0 Å². The molecule has 1 unspecified atom stereocenters. The summed E-state index contributed by atoms with van der Waals surface area (Å²) in [5.74, 6) is -3.47. The van der Waals surface area contributed by atoms with Gasteiger partial charge in [-0.15, -0.1) is 0 Å². The molecule has 128 valence electrons. The van der Waals surface area contributed by atoms with Crippen molar-refractivity contribution in [2.45, 2.75) is 25.2 Å². The molecular weight excluding hydrogens is 322 g/mol. The van der Waals surface area contributed by atoms with E-state index in [2.05, 4.69) is 9.47 Å². The quantitative estimate of drug-likeness (QED) is 0.610. The van der Waals surface area contributed by atoms with Gasteiger partial charge in [0.05, 0.1) is 26.0 Å². The fourth-order valence-corrected chi connectivity index (χ4v) is 2.61. The minimum Gasteiger partial charge on any atom is -0.491 e. The zero-order valence-electron chi connectivity index (χ0n) is 12.4. The number of halogens is 4. The van der Waals surface area contributed by atoms with Crippen molar-refractivity contribution in [2.75, 3.05) is 25.7 Å². The Morgan fingerprint density at radius 3 is 2.57 bits per heavy atom. The summed E-state index contributed by atoms with van der Waals surface area (Å²) in [4.78, 5) is 13.2. The van der Waals surface area contributed by atoms with Crippen molar-refractivity contribution >= 4 is 11.7 Å². The summed E-state index contributed by atoms with van der Waals surface area (Å²) in [6, 6.07) is 1.10. The molecule has 0 radical (unpaired) electrons. The highest BCUT2D eigenvalue weighted by Gasteiger charge is 2.41. The fourth-order valence-electron chi connectivity index (χ4n) is 2.61. The first-order valence-electron chi connectivity index (χ1n) is 6.69. The first-order chi connectivity index (χ1) is 10.9. The molecule has 5 nitrogen and oxygen atoms in total. The van der Waals surface area contributed by atoms with Gasteiger partial charge in [0.1, 0.15) is 6.04 Å². The monoisotopic (exact) mass is 337 g/mol. The van der Waals surface area contributed by atoms with Crippen LogP contribution in [0.15, 0.2) is 12.1 Å². The maximum absolute atomic E-state index is 13.8. The zero-order chi connectivity index (χ0) is 17.1. The summed E-state index contributed by atoms with van der Waals surface area (Å²) in [5, 5.41) is 0. The van der Waals surface area contributed by atoms with Gasteiger partial charge in [0, 0.05) is 13.0 Å². The van der Waals surface area contributed by atoms with Gasteiger partial charge in [-0.1, -0.05) is 0 Å². The van der Waals surface area contributed by atoms with Gasteiger partial charge in [0.15, 0.2) is 11.6 Å². The van der Waals surface area contributed by atoms with Crippen molar-refractivity contribution in [2.24, 2.45) is 0 Å². The number of carbonyl (C=O) groups is 1. The summed E-state index contributed by atoms with van der Waals surface area (Å²) in [7, 11) is 2.28. The van der Waals surface area contributed by atoms with Crippen LogP contribution in [0.2, 0.25) is 0 Å². The number of nitrogens with zero attached hydrogens (tertiary/aromatic N) is 1. The molecule has 23 heavy (non-hydrogen) atoms. The van der Waals surface area contributed by atoms with Gasteiger partial charge in [-0.2, -0.15) is 13.2 Å². The van der Waals surface area contributed by atoms with Gasteiger partial charge >= 0.3 is 12.6 Å². The van der Waals surface area contributed by atoms with E-state index in [9.17, 15) is 22.4 Å². The van der Waals surface area contributed by atoms with Gasteiger partial charge in [0.2, 0.25) is 5.82 Å². The SMILES string of the molecule is COC(=O)C1C[C@@H](OC(F)F)CN1c1ccc(F)c(F)c1OC. The minimum absolute atomic E-state index is 0.0576. The van der Waals surface area contributed by atoms with Crippen LogP contribution in [0.5, 0.6) is 5.75 Å². The summed E-state index contributed by atoms with van der Waals surface area (Å²) in [6.45, 7) is -3.13. The van der Waals surface area contributed by atoms with Crippen LogP contribution < -0.4 is 9.64 Å². The van der Waals surface area contributed by atoms with E-state index in [1.165, 1.54) is 11.0 Å². The molecule has 1 heterocycles. The molecule has 0 aliphatic carbocycles. The number of ether oxygens (including phenoxy) is 3. The normalized spacial score (nSPS) is 20.9. The fraction of sp³-hybridized carbons (Fsp3) is 0.500. The lowest BCUT2D eigenvalue weighted by atomic mass is 10.2. The molecule has 1 aromatic carbocycles. The lowest BCUT2D eigenvalue weighted by Gasteiger charge is -2.26. The maximum atomic E-state index is 13.8. The molecule has 2 atom stereocenters. The number of hydrogen-bond acceptors (Lipinski definition) is 5. The third kappa shape index (κ3) is 3.49. The average molecular weight is 337 g/mol. The Bertz CT molecular complexity index is 584. The second-order valence-electron chi connectivity index (χ2n) is 4.86. The molecule has 1 aliphatic rings. The molecule has 0 amide bonds. The smallest absolute Gasteiger partial charge is 0.345 e. The summed E-state index contributed by atoms with van der Waals surface area (Å²) >= 11 is 0. The summed E-state index contributed by atoms with van der Waals surface area (Å²) in [6.07, 6.45) is -1.03. The topological polar surface area (TPSA) is 48.0 Å². The Kier molecular flexibility index (Phi) is 5.30. The number of esters is 1. The number of anilines is 1. The first kappa shape index (κ1) is 17.3. The highest BCUT2D eigenvalue weighted by Crippen LogP contribution is 2.37. The lowest BCUT2D eigenvalue weighted by Crippen LogP contribution is -2.37. The van der Waals surface area contributed by atoms with Crippen molar-refractivity contribution in [3.63, 3.8) is 0 Å². The number of benzene rings is 1. The Morgan fingerprint density at radius 1 is 1.30 bits per heavy atom. The van der Waals surface area contributed by atoms with Crippen LogP contribution in [0.25, 0.3) is 0 Å². The summed E-state index contributed by atoms with van der Waals surface area (Å²) < 4.78 is 65.9. The van der Waals surface area contributed by atoms with E-state index in [0.717, 1.165) is 20.3 Å². The molecule has 0 N–H and O–H groups in total. The van der Waals surface area contributed by atoms with E-state index in [4.69, 9.17) is 4.74 Å². The average Bonchev–Trinajstić information content (AvgIpc) is 2.91. The minimum atomic E-state index is -3.01. The first-order valence-corrected chi connectivity index (χ1v) is 6.69. The van der Waals surface area contributed by atoms with E-state index in [1.807, 2.05) is 0 Å². The number of alkyl halides is 2. The molecule has 9 heteroatoms. The largest absolute Gasteiger partial charge is 0.491 e. The van der Waals surface area contributed by atoms with Crippen molar-refractivity contribution in [3.8, 4) is 5.75 Å². The molecule has 0 aromatic heterocycles. The van der Waals surface area contributed by atoms with E-state index >= 15 is 0 Å². The molecule has 0 bridgehead atoms. The molecule has 1 aliphatic heterocycles. The van der Waals surface area contributed by atoms with Gasteiger partial charge in [-0.3, -0.25) is 0 Å². The Morgan fingerprint density at radius 2 is 2.00 bits per heavy atom. The predicted molar refractivity (Wildman–Crippen MR) is 71.6 cm³/mol. The van der Waals surface area contributed by atoms with Crippen molar-refractivity contribution < 1.29 is 36.6 Å². The van der Waals surface area contributed by atoms with Crippen LogP contribution >= 0.6 is 0 Å². The number of hydrogen-bond donors (Lipinski definition) is 0. The van der Waals surface area contributed by atoms with Crippen LogP contribution in [-0.2, 0) is 14.3 Å². The second-order valence-corrected chi connectivity index (χ2v) is 4.86. The van der Waals surface area contributed by atoms with Crippen LogP contribution in [0, 0.1) is 11.6 Å². The Hall–Kier alpha value is -2.03. The van der Waals surface area contributed by atoms with Crippen molar-refractivity contribution in [3.05, 3.63) is 23.8 Å².